The molecule has 0 radical (unpaired) electrons. The van der Waals surface area contributed by atoms with Gasteiger partial charge in [0.25, 0.3) is 0 Å². The van der Waals surface area contributed by atoms with Gasteiger partial charge in [-0.25, -0.2) is 13.1 Å². The Labute approximate surface area is 109 Å². The van der Waals surface area contributed by atoms with Crippen LogP contribution in [0.25, 0.3) is 0 Å². The molecule has 0 aliphatic carbocycles. The van der Waals surface area contributed by atoms with Crippen molar-refractivity contribution < 1.29 is 13.5 Å². The van der Waals surface area contributed by atoms with Gasteiger partial charge in [-0.05, 0) is 52.3 Å². The number of aryl methyl sites for hydroxylation is 1. The summed E-state index contributed by atoms with van der Waals surface area (Å²) >= 11 is 0. The Bertz CT molecular complexity index is 527. The van der Waals surface area contributed by atoms with Gasteiger partial charge in [0.05, 0.1) is 16.0 Å². The number of aliphatic hydroxyl groups is 1. The Morgan fingerprint density at radius 2 is 1.72 bits per heavy atom. The first-order chi connectivity index (χ1) is 7.96. The number of benzene rings is 1. The average molecular weight is 271 g/mol. The van der Waals surface area contributed by atoms with E-state index in [1.54, 1.807) is 39.8 Å². The standard InChI is InChI=1S/C13H21NO3S/c1-10-7-6-8-11(9-10)18(16,17)14-12(2,3)13(4,5)15/h6-9,14-15H,1-5H3. The van der Waals surface area contributed by atoms with Gasteiger partial charge in [-0.2, -0.15) is 0 Å². The van der Waals surface area contributed by atoms with Gasteiger partial charge in [-0.3, -0.25) is 0 Å². The Hall–Kier alpha value is -0.910. The van der Waals surface area contributed by atoms with Gasteiger partial charge in [0.15, 0.2) is 0 Å². The van der Waals surface area contributed by atoms with Crippen molar-refractivity contribution >= 4 is 10.0 Å². The van der Waals surface area contributed by atoms with E-state index in [-0.39, 0.29) is 4.90 Å². The molecule has 1 aromatic carbocycles. The third-order valence-electron chi connectivity index (χ3n) is 3.22. The Balaban J connectivity index is 3.11. The molecule has 0 fully saturated rings. The third-order valence-corrected chi connectivity index (χ3v) is 4.87. The van der Waals surface area contributed by atoms with Crippen molar-refractivity contribution in [2.45, 2.75) is 50.7 Å². The smallest absolute Gasteiger partial charge is 0.241 e. The summed E-state index contributed by atoms with van der Waals surface area (Å²) in [6, 6.07) is 6.67. The molecule has 5 heteroatoms. The fourth-order valence-corrected chi connectivity index (χ4v) is 2.94. The molecule has 0 atom stereocenters. The summed E-state index contributed by atoms with van der Waals surface area (Å²) < 4.78 is 27.0. The summed E-state index contributed by atoms with van der Waals surface area (Å²) in [5.41, 5.74) is -1.25. The molecular formula is C13H21NO3S. The molecule has 0 heterocycles. The zero-order chi connectivity index (χ0) is 14.2. The predicted molar refractivity (Wildman–Crippen MR) is 71.9 cm³/mol. The minimum atomic E-state index is -3.63. The van der Waals surface area contributed by atoms with Gasteiger partial charge < -0.3 is 5.11 Å². The van der Waals surface area contributed by atoms with Crippen LogP contribution in [-0.4, -0.2) is 24.7 Å². The summed E-state index contributed by atoms with van der Waals surface area (Å²) in [5.74, 6) is 0. The van der Waals surface area contributed by atoms with Crippen LogP contribution in [0, 0.1) is 6.92 Å². The third kappa shape index (κ3) is 3.31. The minimum Gasteiger partial charge on any atom is -0.389 e. The van der Waals surface area contributed by atoms with Gasteiger partial charge in [0.2, 0.25) is 10.0 Å². The lowest BCUT2D eigenvalue weighted by molar-refractivity contribution is 0.00639. The van der Waals surface area contributed by atoms with E-state index in [1.807, 2.05) is 13.0 Å². The lowest BCUT2D eigenvalue weighted by atomic mass is 9.87. The molecular weight excluding hydrogens is 250 g/mol. The summed E-state index contributed by atoms with van der Waals surface area (Å²) in [4.78, 5) is 0.208. The van der Waals surface area contributed by atoms with E-state index in [0.717, 1.165) is 5.56 Å². The highest BCUT2D eigenvalue weighted by Crippen LogP contribution is 2.23. The number of nitrogens with one attached hydrogen (secondary N) is 1. The van der Waals surface area contributed by atoms with Gasteiger partial charge >= 0.3 is 0 Å². The first kappa shape index (κ1) is 15.1. The SMILES string of the molecule is Cc1cccc(S(=O)(=O)NC(C)(C)C(C)(C)O)c1. The van der Waals surface area contributed by atoms with Gasteiger partial charge in [0, 0.05) is 0 Å². The Kier molecular flexibility index (Phi) is 3.91. The fourth-order valence-electron chi connectivity index (χ4n) is 1.30. The molecule has 102 valence electrons. The van der Waals surface area contributed by atoms with Crippen molar-refractivity contribution in [1.29, 1.82) is 0 Å². The van der Waals surface area contributed by atoms with Crippen LogP contribution in [0.2, 0.25) is 0 Å². The molecule has 0 bridgehead atoms. The van der Waals surface area contributed by atoms with E-state index >= 15 is 0 Å². The highest BCUT2D eigenvalue weighted by molar-refractivity contribution is 7.89. The van der Waals surface area contributed by atoms with Crippen LogP contribution in [0.15, 0.2) is 29.2 Å². The second-order valence-corrected chi connectivity index (χ2v) is 7.29. The van der Waals surface area contributed by atoms with Crippen molar-refractivity contribution in [2.75, 3.05) is 0 Å². The number of hydrogen-bond donors (Lipinski definition) is 2. The van der Waals surface area contributed by atoms with Crippen molar-refractivity contribution in [3.05, 3.63) is 29.8 Å². The maximum atomic E-state index is 12.2. The Morgan fingerprint density at radius 3 is 2.17 bits per heavy atom. The quantitative estimate of drug-likeness (QED) is 0.878. The topological polar surface area (TPSA) is 66.4 Å². The number of rotatable bonds is 4. The highest BCUT2D eigenvalue weighted by atomic mass is 32.2. The van der Waals surface area contributed by atoms with Gasteiger partial charge in [-0.1, -0.05) is 12.1 Å². The molecule has 18 heavy (non-hydrogen) atoms. The van der Waals surface area contributed by atoms with Crippen LogP contribution in [0.4, 0.5) is 0 Å². The molecule has 1 aromatic rings. The van der Waals surface area contributed by atoms with Crippen LogP contribution in [0.1, 0.15) is 33.3 Å². The largest absolute Gasteiger partial charge is 0.389 e. The van der Waals surface area contributed by atoms with Crippen molar-refractivity contribution in [3.8, 4) is 0 Å². The summed E-state index contributed by atoms with van der Waals surface area (Å²) in [6.45, 7) is 8.29. The second-order valence-electron chi connectivity index (χ2n) is 5.61. The molecule has 0 aliphatic rings. The van der Waals surface area contributed by atoms with E-state index in [2.05, 4.69) is 4.72 Å². The molecule has 0 aliphatic heterocycles. The van der Waals surface area contributed by atoms with E-state index < -0.39 is 21.2 Å². The molecule has 0 aromatic heterocycles. The lowest BCUT2D eigenvalue weighted by Gasteiger charge is -2.37. The van der Waals surface area contributed by atoms with E-state index in [0.29, 0.717) is 0 Å². The fraction of sp³-hybridized carbons (Fsp3) is 0.538. The highest BCUT2D eigenvalue weighted by Gasteiger charge is 2.38. The predicted octanol–water partition coefficient (Wildman–Crippen LogP) is 1.82. The second kappa shape index (κ2) is 4.64. The van der Waals surface area contributed by atoms with Crippen molar-refractivity contribution in [3.63, 3.8) is 0 Å². The summed E-state index contributed by atoms with van der Waals surface area (Å²) in [5, 5.41) is 9.98. The summed E-state index contributed by atoms with van der Waals surface area (Å²) in [6.07, 6.45) is 0. The van der Waals surface area contributed by atoms with Crippen LogP contribution in [-0.2, 0) is 10.0 Å². The molecule has 4 nitrogen and oxygen atoms in total. The normalized spacial score (nSPS) is 13.7. The maximum Gasteiger partial charge on any atom is 0.241 e. The minimum absolute atomic E-state index is 0.208. The van der Waals surface area contributed by atoms with Crippen LogP contribution in [0.3, 0.4) is 0 Å². The molecule has 0 spiro atoms. The van der Waals surface area contributed by atoms with Crippen molar-refractivity contribution in [2.24, 2.45) is 0 Å². The monoisotopic (exact) mass is 271 g/mol. The summed E-state index contributed by atoms with van der Waals surface area (Å²) in [7, 11) is -3.63. The molecule has 0 amide bonds. The Morgan fingerprint density at radius 1 is 1.17 bits per heavy atom. The van der Waals surface area contributed by atoms with Gasteiger partial charge in [-0.15, -0.1) is 0 Å². The number of hydrogen-bond acceptors (Lipinski definition) is 3. The van der Waals surface area contributed by atoms with Crippen LogP contribution in [0.5, 0.6) is 0 Å². The molecule has 1 rings (SSSR count). The van der Waals surface area contributed by atoms with E-state index in [9.17, 15) is 13.5 Å². The molecule has 0 saturated heterocycles. The number of sulfonamides is 1. The zero-order valence-electron chi connectivity index (χ0n) is 11.5. The molecule has 0 unspecified atom stereocenters. The average Bonchev–Trinajstić information content (AvgIpc) is 2.14. The first-order valence-corrected chi connectivity index (χ1v) is 7.27. The van der Waals surface area contributed by atoms with Gasteiger partial charge in [0.1, 0.15) is 0 Å². The lowest BCUT2D eigenvalue weighted by Crippen LogP contribution is -2.57. The first-order valence-electron chi connectivity index (χ1n) is 5.79. The molecule has 2 N–H and O–H groups in total. The van der Waals surface area contributed by atoms with E-state index in [4.69, 9.17) is 0 Å². The van der Waals surface area contributed by atoms with E-state index in [1.165, 1.54) is 6.07 Å². The maximum absolute atomic E-state index is 12.2. The zero-order valence-corrected chi connectivity index (χ0v) is 12.3. The molecule has 0 saturated carbocycles. The van der Waals surface area contributed by atoms with Crippen LogP contribution < -0.4 is 4.72 Å². The van der Waals surface area contributed by atoms with Crippen LogP contribution >= 0.6 is 0 Å². The van der Waals surface area contributed by atoms with Crippen molar-refractivity contribution in [1.82, 2.24) is 4.72 Å².